The summed E-state index contributed by atoms with van der Waals surface area (Å²) >= 11 is 5.74. The third-order valence-electron chi connectivity index (χ3n) is 3.67. The number of hydrogen-bond acceptors (Lipinski definition) is 6. The minimum absolute atomic E-state index is 0.0633. The molecule has 0 saturated heterocycles. The second kappa shape index (κ2) is 7.46. The van der Waals surface area contributed by atoms with Crippen molar-refractivity contribution in [2.24, 2.45) is 0 Å². The third kappa shape index (κ3) is 3.75. The number of nitrogens with zero attached hydrogens (tertiary/aromatic N) is 1. The van der Waals surface area contributed by atoms with Gasteiger partial charge in [0.15, 0.2) is 11.3 Å². The first-order valence-electron chi connectivity index (χ1n) is 7.85. The SMILES string of the molecule is CCOc1cccc2cc(C(=O)Nc3ccc(Cl)c([N+](=O)[O-])c3)c(=O)oc12. The Hall–Kier alpha value is -3.39. The molecule has 138 valence electrons. The van der Waals surface area contributed by atoms with Gasteiger partial charge in [-0.15, -0.1) is 0 Å². The Morgan fingerprint density at radius 2 is 2.07 bits per heavy atom. The normalized spacial score (nSPS) is 10.6. The smallest absolute Gasteiger partial charge is 0.349 e. The number of fused-ring (bicyclic) bond motifs is 1. The summed E-state index contributed by atoms with van der Waals surface area (Å²) in [6.07, 6.45) is 0. The molecular formula is C18H13ClN2O6. The fraction of sp³-hybridized carbons (Fsp3) is 0.111. The number of anilines is 1. The number of para-hydroxylation sites is 1. The van der Waals surface area contributed by atoms with Gasteiger partial charge in [-0.3, -0.25) is 14.9 Å². The molecule has 1 heterocycles. The summed E-state index contributed by atoms with van der Waals surface area (Å²) in [6, 6.07) is 10.2. The molecule has 1 N–H and O–H groups in total. The van der Waals surface area contributed by atoms with Crippen molar-refractivity contribution in [2.75, 3.05) is 11.9 Å². The van der Waals surface area contributed by atoms with Gasteiger partial charge in [-0.05, 0) is 31.2 Å². The van der Waals surface area contributed by atoms with Crippen molar-refractivity contribution in [2.45, 2.75) is 6.92 Å². The molecule has 3 aromatic rings. The number of nitrogens with one attached hydrogen (secondary N) is 1. The standard InChI is InChI=1S/C18H13ClN2O6/c1-2-26-15-5-3-4-10-8-12(18(23)27-16(10)15)17(22)20-11-6-7-13(19)14(9-11)21(24)25/h3-9H,2H2,1H3,(H,20,22). The highest BCUT2D eigenvalue weighted by Gasteiger charge is 2.18. The van der Waals surface area contributed by atoms with E-state index in [1.165, 1.54) is 18.2 Å². The Balaban J connectivity index is 1.97. The van der Waals surface area contributed by atoms with Gasteiger partial charge in [-0.1, -0.05) is 23.7 Å². The molecule has 0 bridgehead atoms. The van der Waals surface area contributed by atoms with Crippen molar-refractivity contribution in [1.82, 2.24) is 0 Å². The van der Waals surface area contributed by atoms with Crippen LogP contribution in [0.25, 0.3) is 11.0 Å². The van der Waals surface area contributed by atoms with Gasteiger partial charge in [0.25, 0.3) is 11.6 Å². The summed E-state index contributed by atoms with van der Waals surface area (Å²) < 4.78 is 10.7. The maximum atomic E-state index is 12.5. The van der Waals surface area contributed by atoms with Crippen molar-refractivity contribution >= 4 is 39.9 Å². The summed E-state index contributed by atoms with van der Waals surface area (Å²) in [7, 11) is 0. The van der Waals surface area contributed by atoms with E-state index in [0.29, 0.717) is 17.7 Å². The van der Waals surface area contributed by atoms with Gasteiger partial charge < -0.3 is 14.5 Å². The van der Waals surface area contributed by atoms with Crippen LogP contribution in [0.2, 0.25) is 5.02 Å². The molecule has 0 atom stereocenters. The lowest BCUT2D eigenvalue weighted by Gasteiger charge is -2.08. The number of nitro benzene ring substituents is 1. The van der Waals surface area contributed by atoms with Crippen molar-refractivity contribution in [3.8, 4) is 5.75 Å². The molecule has 8 nitrogen and oxygen atoms in total. The number of amides is 1. The number of carbonyl (C=O) groups is 1. The Kier molecular flexibility index (Phi) is 5.09. The van der Waals surface area contributed by atoms with E-state index < -0.39 is 16.5 Å². The molecule has 9 heteroatoms. The van der Waals surface area contributed by atoms with Crippen molar-refractivity contribution < 1.29 is 18.9 Å². The third-order valence-corrected chi connectivity index (χ3v) is 3.99. The highest BCUT2D eigenvalue weighted by atomic mass is 35.5. The van der Waals surface area contributed by atoms with E-state index in [-0.39, 0.29) is 27.5 Å². The van der Waals surface area contributed by atoms with E-state index >= 15 is 0 Å². The molecule has 0 aliphatic heterocycles. The van der Waals surface area contributed by atoms with Gasteiger partial charge in [0, 0.05) is 17.1 Å². The first-order chi connectivity index (χ1) is 12.9. The lowest BCUT2D eigenvalue weighted by Crippen LogP contribution is -2.20. The van der Waals surface area contributed by atoms with Gasteiger partial charge in [0.2, 0.25) is 0 Å². The van der Waals surface area contributed by atoms with E-state index in [9.17, 15) is 19.7 Å². The fourth-order valence-electron chi connectivity index (χ4n) is 2.47. The molecule has 0 spiro atoms. The number of nitro groups is 1. The minimum atomic E-state index is -0.851. The molecule has 0 unspecified atom stereocenters. The van der Waals surface area contributed by atoms with Crippen LogP contribution in [0.5, 0.6) is 5.75 Å². The maximum absolute atomic E-state index is 12.5. The van der Waals surface area contributed by atoms with E-state index in [4.69, 9.17) is 20.8 Å². The number of carbonyl (C=O) groups excluding carboxylic acids is 1. The molecule has 27 heavy (non-hydrogen) atoms. The van der Waals surface area contributed by atoms with Crippen LogP contribution in [0.15, 0.2) is 51.7 Å². The Bertz CT molecular complexity index is 1110. The quantitative estimate of drug-likeness (QED) is 0.401. The average molecular weight is 389 g/mol. The van der Waals surface area contributed by atoms with Gasteiger partial charge in [-0.25, -0.2) is 4.79 Å². The Labute approximate surface area is 157 Å². The molecule has 2 aromatic carbocycles. The lowest BCUT2D eigenvalue weighted by atomic mass is 10.1. The van der Waals surface area contributed by atoms with Crippen molar-refractivity contribution in [3.05, 3.63) is 73.6 Å². The molecule has 0 fully saturated rings. The van der Waals surface area contributed by atoms with E-state index in [1.54, 1.807) is 25.1 Å². The number of ether oxygens (including phenoxy) is 1. The zero-order valence-corrected chi connectivity index (χ0v) is 14.8. The molecule has 0 aliphatic carbocycles. The lowest BCUT2D eigenvalue weighted by molar-refractivity contribution is -0.384. The summed E-state index contributed by atoms with van der Waals surface area (Å²) in [5, 5.41) is 13.8. The van der Waals surface area contributed by atoms with Crippen LogP contribution in [0, 0.1) is 10.1 Å². The molecule has 1 amide bonds. The topological polar surface area (TPSA) is 112 Å². The second-order valence-electron chi connectivity index (χ2n) is 5.43. The highest BCUT2D eigenvalue weighted by molar-refractivity contribution is 6.32. The van der Waals surface area contributed by atoms with E-state index in [2.05, 4.69) is 5.32 Å². The number of hydrogen-bond donors (Lipinski definition) is 1. The van der Waals surface area contributed by atoms with Crippen LogP contribution in [-0.4, -0.2) is 17.4 Å². The van der Waals surface area contributed by atoms with Crippen LogP contribution in [0.3, 0.4) is 0 Å². The maximum Gasteiger partial charge on any atom is 0.349 e. The minimum Gasteiger partial charge on any atom is -0.490 e. The average Bonchev–Trinajstić information content (AvgIpc) is 2.63. The molecule has 0 saturated carbocycles. The number of benzene rings is 2. The summed E-state index contributed by atoms with van der Waals surface area (Å²) in [5.41, 5.74) is -1.09. The van der Waals surface area contributed by atoms with Crippen LogP contribution < -0.4 is 15.7 Å². The van der Waals surface area contributed by atoms with Crippen molar-refractivity contribution in [1.29, 1.82) is 0 Å². The summed E-state index contributed by atoms with van der Waals surface area (Å²) in [6.45, 7) is 2.18. The molecular weight excluding hydrogens is 376 g/mol. The van der Waals surface area contributed by atoms with Crippen LogP contribution >= 0.6 is 11.6 Å². The van der Waals surface area contributed by atoms with Gasteiger partial charge in [0.05, 0.1) is 11.5 Å². The predicted molar refractivity (Wildman–Crippen MR) is 99.7 cm³/mol. The van der Waals surface area contributed by atoms with Crippen LogP contribution in [0.4, 0.5) is 11.4 Å². The first-order valence-corrected chi connectivity index (χ1v) is 8.23. The number of halogens is 1. The molecule has 1 aromatic heterocycles. The highest BCUT2D eigenvalue weighted by Crippen LogP contribution is 2.28. The van der Waals surface area contributed by atoms with Crippen molar-refractivity contribution in [3.63, 3.8) is 0 Å². The molecule has 0 radical (unpaired) electrons. The first kappa shape index (κ1) is 18.4. The van der Waals surface area contributed by atoms with Crippen LogP contribution in [0.1, 0.15) is 17.3 Å². The van der Waals surface area contributed by atoms with Gasteiger partial charge in [-0.2, -0.15) is 0 Å². The Morgan fingerprint density at radius 3 is 2.78 bits per heavy atom. The summed E-state index contributed by atoms with van der Waals surface area (Å²) in [4.78, 5) is 35.0. The van der Waals surface area contributed by atoms with Gasteiger partial charge in [0.1, 0.15) is 10.6 Å². The zero-order valence-electron chi connectivity index (χ0n) is 14.0. The molecule has 0 aliphatic rings. The largest absolute Gasteiger partial charge is 0.490 e. The van der Waals surface area contributed by atoms with E-state index in [1.807, 2.05) is 0 Å². The fourth-order valence-corrected chi connectivity index (χ4v) is 2.66. The summed E-state index contributed by atoms with van der Waals surface area (Å²) in [5.74, 6) is -0.364. The Morgan fingerprint density at radius 1 is 1.30 bits per heavy atom. The van der Waals surface area contributed by atoms with Gasteiger partial charge >= 0.3 is 5.63 Å². The predicted octanol–water partition coefficient (Wildman–Crippen LogP) is 4.01. The monoisotopic (exact) mass is 388 g/mol. The zero-order chi connectivity index (χ0) is 19.6. The van der Waals surface area contributed by atoms with Crippen LogP contribution in [-0.2, 0) is 0 Å². The molecule has 3 rings (SSSR count). The number of rotatable bonds is 5. The second-order valence-corrected chi connectivity index (χ2v) is 5.84. The van der Waals surface area contributed by atoms with E-state index in [0.717, 1.165) is 6.07 Å².